The van der Waals surface area contributed by atoms with Gasteiger partial charge in [0.2, 0.25) is 0 Å². The third kappa shape index (κ3) is 6.42. The average Bonchev–Trinajstić information content (AvgIpc) is 2.40. The van der Waals surface area contributed by atoms with Crippen molar-refractivity contribution in [1.29, 1.82) is 0 Å². The molecule has 2 heteroatoms. The topological polar surface area (TPSA) is 37.3 Å². The molecule has 1 aliphatic carbocycles. The Morgan fingerprint density at radius 3 is 2.16 bits per heavy atom. The van der Waals surface area contributed by atoms with E-state index in [1.807, 2.05) is 19.1 Å². The van der Waals surface area contributed by atoms with E-state index in [-0.39, 0.29) is 0 Å². The Morgan fingerprint density at radius 2 is 1.89 bits per heavy atom. The third-order valence-corrected chi connectivity index (χ3v) is 3.90. The SMILES string of the molecule is C=C/C=C(\C=C)CC.CC1CCC(C)(C(=O)O)CC1. The van der Waals surface area contributed by atoms with Gasteiger partial charge in [-0.05, 0) is 50.5 Å². The summed E-state index contributed by atoms with van der Waals surface area (Å²) >= 11 is 0. The smallest absolute Gasteiger partial charge is 0.309 e. The molecule has 0 unspecified atom stereocenters. The predicted molar refractivity (Wildman–Crippen MR) is 82.1 cm³/mol. The third-order valence-electron chi connectivity index (χ3n) is 3.90. The maximum Gasteiger partial charge on any atom is 0.309 e. The molecule has 108 valence electrons. The second-order valence-corrected chi connectivity index (χ2v) is 5.58. The van der Waals surface area contributed by atoms with Gasteiger partial charge in [0.05, 0.1) is 5.41 Å². The Bertz CT molecular complexity index is 331. The van der Waals surface area contributed by atoms with Gasteiger partial charge >= 0.3 is 5.97 Å². The molecule has 0 radical (unpaired) electrons. The van der Waals surface area contributed by atoms with Gasteiger partial charge in [0.1, 0.15) is 0 Å². The van der Waals surface area contributed by atoms with Gasteiger partial charge in [0.15, 0.2) is 0 Å². The first-order chi connectivity index (χ1) is 8.89. The van der Waals surface area contributed by atoms with Crippen LogP contribution >= 0.6 is 0 Å². The average molecular weight is 264 g/mol. The van der Waals surface area contributed by atoms with Gasteiger partial charge in [-0.3, -0.25) is 4.79 Å². The summed E-state index contributed by atoms with van der Waals surface area (Å²) < 4.78 is 0. The monoisotopic (exact) mass is 264 g/mol. The van der Waals surface area contributed by atoms with E-state index in [2.05, 4.69) is 27.0 Å². The minimum atomic E-state index is -0.621. The van der Waals surface area contributed by atoms with Crippen LogP contribution in [0.1, 0.15) is 52.9 Å². The highest BCUT2D eigenvalue weighted by Crippen LogP contribution is 2.38. The number of hydrogen-bond acceptors (Lipinski definition) is 1. The zero-order chi connectivity index (χ0) is 14.9. The Labute approximate surface area is 117 Å². The summed E-state index contributed by atoms with van der Waals surface area (Å²) in [6.07, 6.45) is 10.5. The molecule has 0 aromatic rings. The lowest BCUT2D eigenvalue weighted by Gasteiger charge is -2.32. The minimum absolute atomic E-state index is 0.424. The normalized spacial score (nSPS) is 26.9. The molecule has 0 saturated heterocycles. The van der Waals surface area contributed by atoms with Crippen molar-refractivity contribution in [3.05, 3.63) is 37.0 Å². The summed E-state index contributed by atoms with van der Waals surface area (Å²) in [6.45, 7) is 13.4. The van der Waals surface area contributed by atoms with E-state index in [0.29, 0.717) is 0 Å². The van der Waals surface area contributed by atoms with Crippen LogP contribution in [0.4, 0.5) is 0 Å². The number of allylic oxidation sites excluding steroid dienone is 4. The molecule has 0 amide bonds. The maximum atomic E-state index is 10.8. The van der Waals surface area contributed by atoms with Crippen LogP contribution in [0.5, 0.6) is 0 Å². The van der Waals surface area contributed by atoms with Gasteiger partial charge in [0, 0.05) is 0 Å². The highest BCUT2D eigenvalue weighted by atomic mass is 16.4. The number of carbonyl (C=O) groups is 1. The zero-order valence-corrected chi connectivity index (χ0v) is 12.6. The second-order valence-electron chi connectivity index (χ2n) is 5.58. The second kappa shape index (κ2) is 8.73. The van der Waals surface area contributed by atoms with Crippen LogP contribution in [-0.4, -0.2) is 11.1 Å². The van der Waals surface area contributed by atoms with Crippen LogP contribution in [0, 0.1) is 11.3 Å². The van der Waals surface area contributed by atoms with E-state index in [4.69, 9.17) is 5.11 Å². The number of aliphatic carboxylic acids is 1. The molecule has 1 N–H and O–H groups in total. The molecule has 1 saturated carbocycles. The molecule has 1 fully saturated rings. The van der Waals surface area contributed by atoms with E-state index >= 15 is 0 Å². The van der Waals surface area contributed by atoms with Gasteiger partial charge in [-0.15, -0.1) is 0 Å². The maximum absolute atomic E-state index is 10.8. The van der Waals surface area contributed by atoms with Crippen LogP contribution in [0.2, 0.25) is 0 Å². The van der Waals surface area contributed by atoms with Gasteiger partial charge in [0.25, 0.3) is 0 Å². The summed E-state index contributed by atoms with van der Waals surface area (Å²) in [4.78, 5) is 10.8. The molecule has 0 spiro atoms. The standard InChI is InChI=1S/C9H16O2.C8H12/c1-7-3-5-9(2,6-4-7)8(10)11;1-4-7-8(5-2)6-3/h7H,3-6H2,1-2H3,(H,10,11);4-5,7H,1-2,6H2,3H3/b;8-7+. The van der Waals surface area contributed by atoms with Crippen LogP contribution in [0.15, 0.2) is 37.0 Å². The van der Waals surface area contributed by atoms with Crippen molar-refractivity contribution in [1.82, 2.24) is 0 Å². The lowest BCUT2D eigenvalue weighted by atomic mass is 9.72. The number of hydrogen-bond donors (Lipinski definition) is 1. The molecule has 1 aliphatic rings. The summed E-state index contributed by atoms with van der Waals surface area (Å²) in [7, 11) is 0. The van der Waals surface area contributed by atoms with Gasteiger partial charge in [-0.2, -0.15) is 0 Å². The van der Waals surface area contributed by atoms with E-state index < -0.39 is 11.4 Å². The molecule has 2 nitrogen and oxygen atoms in total. The van der Waals surface area contributed by atoms with E-state index in [1.54, 1.807) is 6.08 Å². The first-order valence-electron chi connectivity index (χ1n) is 7.07. The van der Waals surface area contributed by atoms with Crippen LogP contribution in [0.25, 0.3) is 0 Å². The summed E-state index contributed by atoms with van der Waals surface area (Å²) in [5, 5.41) is 8.88. The molecule has 0 aromatic carbocycles. The molecule has 0 heterocycles. The number of carboxylic acid groups (broad SMARTS) is 1. The predicted octanol–water partition coefficient (Wildman–Crippen LogP) is 4.98. The van der Waals surface area contributed by atoms with Crippen molar-refractivity contribution in [3.63, 3.8) is 0 Å². The Hall–Kier alpha value is -1.31. The summed E-state index contributed by atoms with van der Waals surface area (Å²) in [6, 6.07) is 0. The van der Waals surface area contributed by atoms with Gasteiger partial charge < -0.3 is 5.11 Å². The van der Waals surface area contributed by atoms with E-state index in [1.165, 1.54) is 5.57 Å². The Morgan fingerprint density at radius 1 is 1.37 bits per heavy atom. The van der Waals surface area contributed by atoms with Gasteiger partial charge in [-0.1, -0.05) is 45.2 Å². The molecular formula is C17H28O2. The van der Waals surface area contributed by atoms with E-state index in [9.17, 15) is 4.79 Å². The van der Waals surface area contributed by atoms with Crippen LogP contribution in [0.3, 0.4) is 0 Å². The van der Waals surface area contributed by atoms with E-state index in [0.717, 1.165) is 38.0 Å². The fourth-order valence-electron chi connectivity index (χ4n) is 2.09. The van der Waals surface area contributed by atoms with Crippen LogP contribution < -0.4 is 0 Å². The molecule has 1 rings (SSSR count). The van der Waals surface area contributed by atoms with Crippen molar-refractivity contribution in [3.8, 4) is 0 Å². The number of carboxylic acids is 1. The lowest BCUT2D eigenvalue weighted by molar-refractivity contribution is -0.150. The van der Waals surface area contributed by atoms with Crippen LogP contribution in [-0.2, 0) is 4.79 Å². The molecule has 19 heavy (non-hydrogen) atoms. The summed E-state index contributed by atoms with van der Waals surface area (Å²) in [5.74, 6) is 0.104. The first-order valence-corrected chi connectivity index (χ1v) is 7.07. The molecule has 0 aromatic heterocycles. The molecule has 0 aliphatic heterocycles. The quantitative estimate of drug-likeness (QED) is 0.727. The van der Waals surface area contributed by atoms with Crippen molar-refractivity contribution >= 4 is 5.97 Å². The van der Waals surface area contributed by atoms with Crippen molar-refractivity contribution in [2.45, 2.75) is 52.9 Å². The Balaban J connectivity index is 0.000000362. The first kappa shape index (κ1) is 17.7. The molecular weight excluding hydrogens is 236 g/mol. The van der Waals surface area contributed by atoms with Gasteiger partial charge in [-0.25, -0.2) is 0 Å². The van der Waals surface area contributed by atoms with Crippen molar-refractivity contribution in [2.24, 2.45) is 11.3 Å². The fourth-order valence-corrected chi connectivity index (χ4v) is 2.09. The fraction of sp³-hybridized carbons (Fsp3) is 0.588. The zero-order valence-electron chi connectivity index (χ0n) is 12.6. The highest BCUT2D eigenvalue weighted by molar-refractivity contribution is 5.74. The molecule has 0 bridgehead atoms. The largest absolute Gasteiger partial charge is 0.481 e. The highest BCUT2D eigenvalue weighted by Gasteiger charge is 2.36. The van der Waals surface area contributed by atoms with Crippen molar-refractivity contribution in [2.75, 3.05) is 0 Å². The molecule has 0 atom stereocenters. The Kier molecular flexibility index (Phi) is 8.13. The number of rotatable bonds is 4. The minimum Gasteiger partial charge on any atom is -0.481 e. The van der Waals surface area contributed by atoms with Crippen molar-refractivity contribution < 1.29 is 9.90 Å². The summed E-state index contributed by atoms with van der Waals surface area (Å²) in [5.41, 5.74) is 0.812. The lowest BCUT2D eigenvalue weighted by Crippen LogP contribution is -2.31.